The summed E-state index contributed by atoms with van der Waals surface area (Å²) >= 11 is 0. The van der Waals surface area contributed by atoms with Crippen molar-refractivity contribution in [3.63, 3.8) is 0 Å². The molecule has 10 nitrogen and oxygen atoms in total. The molecule has 0 radical (unpaired) electrons. The van der Waals surface area contributed by atoms with Gasteiger partial charge >= 0.3 is 6.03 Å². The summed E-state index contributed by atoms with van der Waals surface area (Å²) in [5.74, 6) is -1.08. The van der Waals surface area contributed by atoms with Crippen LogP contribution >= 0.6 is 0 Å². The molecule has 2 aliphatic heterocycles. The number of carbonyl (C=O) groups is 2. The summed E-state index contributed by atoms with van der Waals surface area (Å²) in [4.78, 5) is 23.2. The van der Waals surface area contributed by atoms with Crippen LogP contribution in [0.3, 0.4) is 0 Å². The van der Waals surface area contributed by atoms with Crippen LogP contribution in [0.2, 0.25) is 0 Å². The molecule has 0 aliphatic carbocycles. The van der Waals surface area contributed by atoms with E-state index < -0.39 is 55.4 Å². The zero-order valence-corrected chi connectivity index (χ0v) is 9.58. The molecular weight excluding hydrogens is 264 g/mol. The normalized spacial score (nSPS) is 43.5. The zero-order valence-electron chi connectivity index (χ0n) is 9.58. The Labute approximate surface area is 106 Å². The number of nitrogens with zero attached hydrogens (tertiary/aromatic N) is 1. The van der Waals surface area contributed by atoms with Gasteiger partial charge in [-0.05, 0) is 0 Å². The second-order valence-corrected chi connectivity index (χ2v) is 4.29. The Balaban J connectivity index is 2.21. The van der Waals surface area contributed by atoms with Crippen LogP contribution in [0.25, 0.3) is 0 Å². The van der Waals surface area contributed by atoms with Crippen molar-refractivity contribution < 1.29 is 39.9 Å². The Kier molecular flexibility index (Phi) is 3.71. The second-order valence-electron chi connectivity index (χ2n) is 4.29. The molecule has 2 rings (SSSR count). The number of amides is 3. The maximum absolute atomic E-state index is 11.6. The average Bonchev–Trinajstić information content (AvgIpc) is 2.64. The van der Waals surface area contributed by atoms with Crippen LogP contribution in [0.15, 0.2) is 0 Å². The van der Waals surface area contributed by atoms with Crippen LogP contribution in [0.4, 0.5) is 4.79 Å². The molecule has 6 N–H and O–H groups in total. The number of aliphatic hydroxyl groups is 5. The Morgan fingerprint density at radius 2 is 1.79 bits per heavy atom. The molecule has 0 saturated carbocycles. The summed E-state index contributed by atoms with van der Waals surface area (Å²) in [7, 11) is 0. The highest BCUT2D eigenvalue weighted by Gasteiger charge is 2.52. The third kappa shape index (κ3) is 2.18. The van der Waals surface area contributed by atoms with E-state index in [1.54, 1.807) is 5.32 Å². The minimum absolute atomic E-state index is 0.496. The van der Waals surface area contributed by atoms with Gasteiger partial charge < -0.3 is 30.3 Å². The van der Waals surface area contributed by atoms with Gasteiger partial charge in [0.1, 0.15) is 18.3 Å². The molecular formula is C9H14N2O8. The fourth-order valence-corrected chi connectivity index (χ4v) is 2.03. The molecule has 2 fully saturated rings. The SMILES string of the molecule is O=C1NC(=O)N([C@@H]2O[C@H](CO)[C@H](O)C2O)C(O)C1O. The minimum Gasteiger partial charge on any atom is -0.394 e. The molecule has 0 spiro atoms. The monoisotopic (exact) mass is 278 g/mol. The van der Waals surface area contributed by atoms with E-state index in [-0.39, 0.29) is 0 Å². The lowest BCUT2D eigenvalue weighted by molar-refractivity contribution is -0.176. The molecule has 6 atom stereocenters. The molecule has 10 heteroatoms. The number of hydrogen-bond donors (Lipinski definition) is 6. The average molecular weight is 278 g/mol. The van der Waals surface area contributed by atoms with Crippen LogP contribution in [0.5, 0.6) is 0 Å². The van der Waals surface area contributed by atoms with E-state index in [9.17, 15) is 30.0 Å². The van der Waals surface area contributed by atoms with Crippen molar-refractivity contribution in [1.29, 1.82) is 0 Å². The summed E-state index contributed by atoms with van der Waals surface area (Å²) in [5, 5.41) is 49.0. The molecule has 0 bridgehead atoms. The number of ether oxygens (including phenoxy) is 1. The summed E-state index contributed by atoms with van der Waals surface area (Å²) in [6.07, 6.45) is -9.54. The van der Waals surface area contributed by atoms with Gasteiger partial charge in [-0.25, -0.2) is 4.79 Å². The molecule has 2 aliphatic rings. The van der Waals surface area contributed by atoms with Crippen molar-refractivity contribution in [2.45, 2.75) is 36.9 Å². The van der Waals surface area contributed by atoms with Crippen molar-refractivity contribution in [2.75, 3.05) is 6.61 Å². The van der Waals surface area contributed by atoms with Gasteiger partial charge in [-0.3, -0.25) is 15.0 Å². The topological polar surface area (TPSA) is 160 Å². The quantitative estimate of drug-likeness (QED) is 0.295. The summed E-state index contributed by atoms with van der Waals surface area (Å²) in [6.45, 7) is -0.609. The Morgan fingerprint density at radius 3 is 2.32 bits per heavy atom. The highest BCUT2D eigenvalue weighted by Crippen LogP contribution is 2.27. The van der Waals surface area contributed by atoms with Gasteiger partial charge in [0, 0.05) is 0 Å². The van der Waals surface area contributed by atoms with Gasteiger partial charge in [0.15, 0.2) is 18.6 Å². The van der Waals surface area contributed by atoms with E-state index >= 15 is 0 Å². The lowest BCUT2D eigenvalue weighted by Gasteiger charge is -2.38. The van der Waals surface area contributed by atoms with Gasteiger partial charge in [0.25, 0.3) is 5.91 Å². The third-order valence-corrected chi connectivity index (χ3v) is 3.09. The van der Waals surface area contributed by atoms with E-state index in [2.05, 4.69) is 0 Å². The first kappa shape index (κ1) is 14.1. The standard InChI is InChI=1S/C9H14N2O8/c12-1-2-3(13)4(14)8(19-2)11-7(17)5(15)6(16)10-9(11)18/h2-5,7-8,12-15,17H,1H2,(H,10,16,18)/t2-,3+,4?,5?,7?,8-/m1/s1. The van der Waals surface area contributed by atoms with Gasteiger partial charge in [-0.2, -0.15) is 0 Å². The molecule has 2 heterocycles. The third-order valence-electron chi connectivity index (χ3n) is 3.09. The van der Waals surface area contributed by atoms with E-state index in [1.807, 2.05) is 0 Å². The molecule has 2 saturated heterocycles. The van der Waals surface area contributed by atoms with E-state index in [1.165, 1.54) is 0 Å². The molecule has 108 valence electrons. The lowest BCUT2D eigenvalue weighted by Crippen LogP contribution is -2.67. The van der Waals surface area contributed by atoms with Gasteiger partial charge in [0.05, 0.1) is 6.61 Å². The maximum Gasteiger partial charge on any atom is 0.328 e. The number of carbonyl (C=O) groups excluding carboxylic acids is 2. The summed E-state index contributed by atoms with van der Waals surface area (Å²) < 4.78 is 5.03. The number of aliphatic hydroxyl groups excluding tert-OH is 5. The highest BCUT2D eigenvalue weighted by atomic mass is 16.6. The smallest absolute Gasteiger partial charge is 0.328 e. The van der Waals surface area contributed by atoms with Crippen molar-refractivity contribution in [3.8, 4) is 0 Å². The molecule has 19 heavy (non-hydrogen) atoms. The molecule has 0 aromatic heterocycles. The van der Waals surface area contributed by atoms with E-state index in [4.69, 9.17) is 9.84 Å². The zero-order chi connectivity index (χ0) is 14.3. The predicted molar refractivity (Wildman–Crippen MR) is 55.2 cm³/mol. The van der Waals surface area contributed by atoms with Gasteiger partial charge in [-0.15, -0.1) is 0 Å². The van der Waals surface area contributed by atoms with Crippen LogP contribution in [-0.4, -0.2) is 85.8 Å². The molecule has 3 amide bonds. The molecule has 0 aromatic carbocycles. The predicted octanol–water partition coefficient (Wildman–Crippen LogP) is -4.34. The van der Waals surface area contributed by atoms with E-state index in [0.29, 0.717) is 4.90 Å². The van der Waals surface area contributed by atoms with Crippen molar-refractivity contribution >= 4 is 11.9 Å². The number of nitrogens with one attached hydrogen (secondary N) is 1. The molecule has 0 aromatic rings. The maximum atomic E-state index is 11.6. The number of imide groups is 1. The van der Waals surface area contributed by atoms with Gasteiger partial charge in [-0.1, -0.05) is 0 Å². The first-order chi connectivity index (χ1) is 8.88. The van der Waals surface area contributed by atoms with Crippen LogP contribution in [0, 0.1) is 0 Å². The van der Waals surface area contributed by atoms with Crippen LogP contribution < -0.4 is 5.32 Å². The first-order valence-corrected chi connectivity index (χ1v) is 5.50. The minimum atomic E-state index is -1.93. The summed E-state index contributed by atoms with van der Waals surface area (Å²) in [5.41, 5.74) is 0. The Bertz CT molecular complexity index is 390. The van der Waals surface area contributed by atoms with Gasteiger partial charge in [0.2, 0.25) is 0 Å². The van der Waals surface area contributed by atoms with Crippen molar-refractivity contribution in [3.05, 3.63) is 0 Å². The lowest BCUT2D eigenvalue weighted by atomic mass is 10.1. The summed E-state index contributed by atoms with van der Waals surface area (Å²) in [6, 6.07) is -1.09. The number of rotatable bonds is 2. The molecule has 3 unspecified atom stereocenters. The second kappa shape index (κ2) is 5.00. The first-order valence-electron chi connectivity index (χ1n) is 5.50. The number of hydrogen-bond acceptors (Lipinski definition) is 8. The largest absolute Gasteiger partial charge is 0.394 e. The fraction of sp³-hybridized carbons (Fsp3) is 0.778. The van der Waals surface area contributed by atoms with Crippen molar-refractivity contribution in [2.24, 2.45) is 0 Å². The van der Waals surface area contributed by atoms with Crippen LogP contribution in [0.1, 0.15) is 0 Å². The Morgan fingerprint density at radius 1 is 1.16 bits per heavy atom. The Hall–Kier alpha value is -1.30. The fourth-order valence-electron chi connectivity index (χ4n) is 2.03. The number of urea groups is 1. The van der Waals surface area contributed by atoms with Crippen molar-refractivity contribution in [1.82, 2.24) is 10.2 Å². The van der Waals surface area contributed by atoms with E-state index in [0.717, 1.165) is 0 Å². The van der Waals surface area contributed by atoms with Crippen LogP contribution in [-0.2, 0) is 9.53 Å². The highest BCUT2D eigenvalue weighted by molar-refractivity contribution is 5.99.